The zero-order valence-corrected chi connectivity index (χ0v) is 7.57. The SMILES string of the molecule is N#CC1(C(O)c2ccccc2F)CC1. The Kier molecular flexibility index (Phi) is 2.01. The highest BCUT2D eigenvalue weighted by Crippen LogP contribution is 2.54. The molecule has 0 amide bonds. The summed E-state index contributed by atoms with van der Waals surface area (Å²) in [6, 6.07) is 8.11. The van der Waals surface area contributed by atoms with E-state index in [-0.39, 0.29) is 5.56 Å². The fourth-order valence-electron chi connectivity index (χ4n) is 1.58. The summed E-state index contributed by atoms with van der Waals surface area (Å²) in [5.74, 6) is -0.443. The van der Waals surface area contributed by atoms with Crippen molar-refractivity contribution in [3.05, 3.63) is 35.6 Å². The molecular weight excluding hydrogens is 181 g/mol. The van der Waals surface area contributed by atoms with Crippen LogP contribution in [0.1, 0.15) is 24.5 Å². The van der Waals surface area contributed by atoms with E-state index in [9.17, 15) is 9.50 Å². The van der Waals surface area contributed by atoms with Crippen LogP contribution in [0.3, 0.4) is 0 Å². The average molecular weight is 191 g/mol. The normalized spacial score (nSPS) is 19.8. The Balaban J connectivity index is 2.33. The van der Waals surface area contributed by atoms with Crippen LogP contribution in [0.4, 0.5) is 4.39 Å². The molecule has 1 saturated carbocycles. The van der Waals surface area contributed by atoms with Gasteiger partial charge in [-0.05, 0) is 18.9 Å². The second kappa shape index (κ2) is 3.07. The van der Waals surface area contributed by atoms with Crippen molar-refractivity contribution >= 4 is 0 Å². The summed E-state index contributed by atoms with van der Waals surface area (Å²) >= 11 is 0. The van der Waals surface area contributed by atoms with Gasteiger partial charge in [-0.3, -0.25) is 0 Å². The molecule has 1 atom stereocenters. The van der Waals surface area contributed by atoms with Gasteiger partial charge in [-0.15, -0.1) is 0 Å². The molecule has 1 aromatic rings. The number of aliphatic hydroxyl groups is 1. The van der Waals surface area contributed by atoms with Gasteiger partial charge in [0.05, 0.1) is 11.5 Å². The maximum absolute atomic E-state index is 13.3. The third-order valence-electron chi connectivity index (χ3n) is 2.73. The van der Waals surface area contributed by atoms with Gasteiger partial charge in [0.1, 0.15) is 11.9 Å². The minimum Gasteiger partial charge on any atom is -0.387 e. The van der Waals surface area contributed by atoms with Crippen LogP contribution >= 0.6 is 0 Å². The minimum atomic E-state index is -0.992. The van der Waals surface area contributed by atoms with Crippen molar-refractivity contribution in [2.24, 2.45) is 5.41 Å². The lowest BCUT2D eigenvalue weighted by molar-refractivity contribution is 0.119. The number of nitriles is 1. The topological polar surface area (TPSA) is 44.0 Å². The first-order valence-corrected chi connectivity index (χ1v) is 4.53. The van der Waals surface area contributed by atoms with Gasteiger partial charge in [-0.25, -0.2) is 4.39 Å². The summed E-state index contributed by atoms with van der Waals surface area (Å²) < 4.78 is 13.3. The van der Waals surface area contributed by atoms with E-state index < -0.39 is 17.3 Å². The molecule has 2 nitrogen and oxygen atoms in total. The zero-order chi connectivity index (χ0) is 10.2. The number of rotatable bonds is 2. The first kappa shape index (κ1) is 9.17. The molecule has 14 heavy (non-hydrogen) atoms. The van der Waals surface area contributed by atoms with E-state index in [0.29, 0.717) is 12.8 Å². The van der Waals surface area contributed by atoms with Crippen molar-refractivity contribution in [1.82, 2.24) is 0 Å². The molecule has 0 spiro atoms. The van der Waals surface area contributed by atoms with Gasteiger partial charge < -0.3 is 5.11 Å². The van der Waals surface area contributed by atoms with Gasteiger partial charge in [0.2, 0.25) is 0 Å². The molecular formula is C11H10FNO. The highest BCUT2D eigenvalue weighted by atomic mass is 19.1. The van der Waals surface area contributed by atoms with Crippen molar-refractivity contribution in [3.8, 4) is 6.07 Å². The molecule has 0 aliphatic heterocycles. The molecule has 1 unspecified atom stereocenters. The Morgan fingerprint density at radius 1 is 1.43 bits per heavy atom. The summed E-state index contributed by atoms with van der Waals surface area (Å²) in [6.07, 6.45) is 0.312. The van der Waals surface area contributed by atoms with Crippen molar-refractivity contribution in [1.29, 1.82) is 5.26 Å². The van der Waals surface area contributed by atoms with Crippen LogP contribution in [0, 0.1) is 22.6 Å². The van der Waals surface area contributed by atoms with E-state index in [0.717, 1.165) is 0 Å². The van der Waals surface area contributed by atoms with E-state index in [4.69, 9.17) is 5.26 Å². The summed E-state index contributed by atoms with van der Waals surface area (Å²) in [6.45, 7) is 0. The monoisotopic (exact) mass is 191 g/mol. The number of halogens is 1. The molecule has 1 N–H and O–H groups in total. The fourth-order valence-corrected chi connectivity index (χ4v) is 1.58. The summed E-state index contributed by atoms with van der Waals surface area (Å²) in [5.41, 5.74) is -0.506. The van der Waals surface area contributed by atoms with E-state index in [1.54, 1.807) is 12.1 Å². The molecule has 0 aromatic heterocycles. The van der Waals surface area contributed by atoms with Gasteiger partial charge >= 0.3 is 0 Å². The Bertz CT molecular complexity index is 393. The second-order valence-corrected chi connectivity index (χ2v) is 3.69. The Morgan fingerprint density at radius 2 is 2.07 bits per heavy atom. The van der Waals surface area contributed by atoms with Crippen molar-refractivity contribution in [2.45, 2.75) is 18.9 Å². The molecule has 3 heteroatoms. The van der Waals surface area contributed by atoms with Gasteiger partial charge in [0.25, 0.3) is 0 Å². The van der Waals surface area contributed by atoms with Gasteiger partial charge in [-0.2, -0.15) is 5.26 Å². The Labute approximate surface area is 81.6 Å². The van der Waals surface area contributed by atoms with E-state index in [1.807, 2.05) is 0 Å². The highest BCUT2D eigenvalue weighted by molar-refractivity contribution is 5.27. The summed E-state index contributed by atoms with van der Waals surface area (Å²) in [5, 5.41) is 18.7. The number of hydrogen-bond donors (Lipinski definition) is 1. The summed E-state index contributed by atoms with van der Waals surface area (Å²) in [7, 11) is 0. The van der Waals surface area contributed by atoms with Crippen molar-refractivity contribution < 1.29 is 9.50 Å². The first-order valence-electron chi connectivity index (χ1n) is 4.53. The minimum absolute atomic E-state index is 0.228. The second-order valence-electron chi connectivity index (χ2n) is 3.69. The maximum atomic E-state index is 13.3. The Morgan fingerprint density at radius 3 is 2.57 bits per heavy atom. The van der Waals surface area contributed by atoms with Crippen LogP contribution < -0.4 is 0 Å². The molecule has 72 valence electrons. The molecule has 2 rings (SSSR count). The molecule has 1 aromatic carbocycles. The number of hydrogen-bond acceptors (Lipinski definition) is 2. The molecule has 1 aliphatic carbocycles. The van der Waals surface area contributed by atoms with Crippen LogP contribution in [0.15, 0.2) is 24.3 Å². The number of aliphatic hydroxyl groups excluding tert-OH is 1. The van der Waals surface area contributed by atoms with Crippen LogP contribution in [0.2, 0.25) is 0 Å². The van der Waals surface area contributed by atoms with Crippen LogP contribution in [0.5, 0.6) is 0 Å². The van der Waals surface area contributed by atoms with Gasteiger partial charge in [-0.1, -0.05) is 18.2 Å². The predicted molar refractivity (Wildman–Crippen MR) is 48.6 cm³/mol. The van der Waals surface area contributed by atoms with Crippen LogP contribution in [0.25, 0.3) is 0 Å². The van der Waals surface area contributed by atoms with Crippen LogP contribution in [-0.4, -0.2) is 5.11 Å². The maximum Gasteiger partial charge on any atom is 0.129 e. The quantitative estimate of drug-likeness (QED) is 0.778. The summed E-state index contributed by atoms with van der Waals surface area (Å²) in [4.78, 5) is 0. The van der Waals surface area contributed by atoms with Crippen LogP contribution in [-0.2, 0) is 0 Å². The zero-order valence-electron chi connectivity index (χ0n) is 7.57. The lowest BCUT2D eigenvalue weighted by atomic mass is 9.94. The first-order chi connectivity index (χ1) is 6.69. The molecule has 0 heterocycles. The predicted octanol–water partition coefficient (Wildman–Crippen LogP) is 2.16. The molecule has 1 fully saturated rings. The largest absolute Gasteiger partial charge is 0.387 e. The number of benzene rings is 1. The highest BCUT2D eigenvalue weighted by Gasteiger charge is 2.50. The van der Waals surface area contributed by atoms with Gasteiger partial charge in [0, 0.05) is 5.56 Å². The van der Waals surface area contributed by atoms with E-state index in [1.165, 1.54) is 12.1 Å². The molecule has 0 radical (unpaired) electrons. The molecule has 0 saturated heterocycles. The van der Waals surface area contributed by atoms with Crippen molar-refractivity contribution in [3.63, 3.8) is 0 Å². The standard InChI is InChI=1S/C11H10FNO/c12-9-4-2-1-3-8(9)10(14)11(7-13)5-6-11/h1-4,10,14H,5-6H2. The Hall–Kier alpha value is -1.40. The number of nitrogens with zero attached hydrogens (tertiary/aromatic N) is 1. The van der Waals surface area contributed by atoms with E-state index in [2.05, 4.69) is 6.07 Å². The van der Waals surface area contributed by atoms with Crippen molar-refractivity contribution in [2.75, 3.05) is 0 Å². The molecule has 1 aliphatic rings. The average Bonchev–Trinajstić information content (AvgIpc) is 2.98. The third kappa shape index (κ3) is 1.28. The smallest absolute Gasteiger partial charge is 0.129 e. The van der Waals surface area contributed by atoms with Gasteiger partial charge in [0.15, 0.2) is 0 Å². The fraction of sp³-hybridized carbons (Fsp3) is 0.364. The molecule has 0 bridgehead atoms. The lowest BCUT2D eigenvalue weighted by Crippen LogP contribution is -2.12. The third-order valence-corrected chi connectivity index (χ3v) is 2.73. The lowest BCUT2D eigenvalue weighted by Gasteiger charge is -2.15. The van der Waals surface area contributed by atoms with E-state index >= 15 is 0 Å².